The molecule has 4 aromatic rings. The first-order valence-electron chi connectivity index (χ1n) is 14.3. The number of hydrogen-bond acceptors (Lipinski definition) is 6. The normalized spacial score (nSPS) is 17.4. The molecule has 0 aliphatic heterocycles. The van der Waals surface area contributed by atoms with E-state index in [1.807, 2.05) is 60.6 Å². The van der Waals surface area contributed by atoms with E-state index in [1.54, 1.807) is 0 Å². The van der Waals surface area contributed by atoms with Gasteiger partial charge in [-0.15, -0.1) is 0 Å². The largest absolute Gasteiger partial charge is 0.327 e. The summed E-state index contributed by atoms with van der Waals surface area (Å²) in [5, 5.41) is 6.26. The second kappa shape index (κ2) is 11.7. The molecule has 1 saturated carbocycles. The van der Waals surface area contributed by atoms with Crippen LogP contribution in [0.25, 0.3) is 10.8 Å². The molecule has 2 aliphatic carbocycles. The van der Waals surface area contributed by atoms with Crippen molar-refractivity contribution in [1.82, 2.24) is 20.3 Å². The first-order chi connectivity index (χ1) is 20.5. The summed E-state index contributed by atoms with van der Waals surface area (Å²) in [5.41, 5.74) is 14.1. The van der Waals surface area contributed by atoms with Crippen LogP contribution >= 0.6 is 15.9 Å². The third-order valence-corrected chi connectivity index (χ3v) is 9.29. The second-order valence-electron chi connectivity index (χ2n) is 11.1. The highest BCUT2D eigenvalue weighted by Crippen LogP contribution is 2.52. The minimum atomic E-state index is -0.655. The van der Waals surface area contributed by atoms with Crippen molar-refractivity contribution < 1.29 is 9.59 Å². The summed E-state index contributed by atoms with van der Waals surface area (Å²) < 4.78 is 0.927. The van der Waals surface area contributed by atoms with Gasteiger partial charge in [0.05, 0.1) is 35.1 Å². The lowest BCUT2D eigenvalue weighted by atomic mass is 9.86. The highest BCUT2D eigenvalue weighted by atomic mass is 79.9. The molecule has 9 heteroatoms. The zero-order chi connectivity index (χ0) is 29.3. The zero-order valence-electron chi connectivity index (χ0n) is 23.5. The average molecular weight is 626 g/mol. The predicted molar refractivity (Wildman–Crippen MR) is 167 cm³/mol. The molecule has 1 unspecified atom stereocenters. The smallest absolute Gasteiger partial charge is 0.234 e. The topological polar surface area (TPSA) is 114 Å². The minimum Gasteiger partial charge on any atom is -0.327 e. The van der Waals surface area contributed by atoms with Crippen LogP contribution in [0.4, 0.5) is 0 Å². The van der Waals surface area contributed by atoms with Crippen molar-refractivity contribution >= 4 is 44.7 Å². The number of nitrogens with zero attached hydrogens (tertiary/aromatic N) is 4. The van der Waals surface area contributed by atoms with E-state index >= 15 is 0 Å². The molecular weight excluding hydrogens is 592 g/mol. The molecule has 6 rings (SSSR count). The van der Waals surface area contributed by atoms with Crippen molar-refractivity contribution in [3.63, 3.8) is 0 Å². The van der Waals surface area contributed by atoms with Gasteiger partial charge in [-0.2, -0.15) is 5.10 Å². The molecule has 2 amide bonds. The van der Waals surface area contributed by atoms with E-state index in [-0.39, 0.29) is 18.5 Å². The number of aromatic nitrogens is 2. The third-order valence-electron chi connectivity index (χ3n) is 8.66. The summed E-state index contributed by atoms with van der Waals surface area (Å²) in [6, 6.07) is 18.2. The van der Waals surface area contributed by atoms with Gasteiger partial charge in [-0.25, -0.2) is 5.43 Å². The van der Waals surface area contributed by atoms with Crippen molar-refractivity contribution in [3.8, 4) is 0 Å². The van der Waals surface area contributed by atoms with Crippen LogP contribution in [0.1, 0.15) is 65.4 Å². The van der Waals surface area contributed by atoms with Gasteiger partial charge in [-0.05, 0) is 89.2 Å². The summed E-state index contributed by atoms with van der Waals surface area (Å²) >= 11 is 3.65. The number of benzene rings is 2. The Kier molecular flexibility index (Phi) is 7.88. The Morgan fingerprint density at radius 1 is 1.17 bits per heavy atom. The summed E-state index contributed by atoms with van der Waals surface area (Å²) in [4.78, 5) is 37.5. The lowest BCUT2D eigenvalue weighted by Crippen LogP contribution is -2.43. The molecule has 42 heavy (non-hydrogen) atoms. The number of nitrogens with two attached hydrogens (primary N) is 1. The standard InChI is InChI=1S/C33H33BrN6O2/c1-21-11-12-23(16-26(21)28(17-35)39-38-20-41)33(13-14-33)32(42)40(30-10-4-6-22-7-5-15-36-31(22)30)19-29-25-9-3-2-8-24(25)27(34)18-37-29/h2-3,5,7-9,11-12,15-16,18,20,30H,4,6,10,13-14,17,19,35H2,1H3,(H,38,41)/b39-28-. The molecule has 0 radical (unpaired) electrons. The molecule has 0 spiro atoms. The summed E-state index contributed by atoms with van der Waals surface area (Å²) in [6.45, 7) is 2.52. The number of pyridine rings is 2. The van der Waals surface area contributed by atoms with Crippen LogP contribution < -0.4 is 11.2 Å². The van der Waals surface area contributed by atoms with Gasteiger partial charge >= 0.3 is 0 Å². The van der Waals surface area contributed by atoms with Crippen molar-refractivity contribution in [2.24, 2.45) is 10.8 Å². The molecule has 0 saturated heterocycles. The summed E-state index contributed by atoms with van der Waals surface area (Å²) in [7, 11) is 0. The Hall–Kier alpha value is -3.95. The third kappa shape index (κ3) is 5.12. The molecule has 2 aliphatic rings. The lowest BCUT2D eigenvalue weighted by molar-refractivity contribution is -0.137. The van der Waals surface area contributed by atoms with E-state index in [2.05, 4.69) is 44.7 Å². The van der Waals surface area contributed by atoms with Crippen LogP contribution in [0.15, 0.2) is 76.6 Å². The molecule has 1 fully saturated rings. The van der Waals surface area contributed by atoms with E-state index in [4.69, 9.17) is 15.7 Å². The molecule has 1 atom stereocenters. The number of rotatable bonds is 9. The summed E-state index contributed by atoms with van der Waals surface area (Å²) in [6.07, 6.45) is 8.48. The number of carbonyl (C=O) groups excluding carboxylic acids is 2. The molecule has 2 heterocycles. The van der Waals surface area contributed by atoms with E-state index in [9.17, 15) is 9.59 Å². The maximum atomic E-state index is 14.9. The average Bonchev–Trinajstić information content (AvgIpc) is 3.84. The highest BCUT2D eigenvalue weighted by molar-refractivity contribution is 9.10. The Morgan fingerprint density at radius 3 is 2.74 bits per heavy atom. The number of hydrazone groups is 1. The summed E-state index contributed by atoms with van der Waals surface area (Å²) in [5.74, 6) is 0.0897. The van der Waals surface area contributed by atoms with Crippen LogP contribution in [0.5, 0.6) is 0 Å². The van der Waals surface area contributed by atoms with Gasteiger partial charge in [0, 0.05) is 34.4 Å². The molecule has 214 valence electrons. The molecule has 0 bridgehead atoms. The molecule has 2 aromatic carbocycles. The van der Waals surface area contributed by atoms with E-state index in [1.165, 1.54) is 5.56 Å². The van der Waals surface area contributed by atoms with Crippen LogP contribution in [0.3, 0.4) is 0 Å². The van der Waals surface area contributed by atoms with Crippen molar-refractivity contribution in [2.75, 3.05) is 6.54 Å². The molecular formula is C33H33BrN6O2. The van der Waals surface area contributed by atoms with Gasteiger partial charge in [0.25, 0.3) is 0 Å². The monoisotopic (exact) mass is 624 g/mol. The van der Waals surface area contributed by atoms with Gasteiger partial charge in [-0.3, -0.25) is 19.6 Å². The van der Waals surface area contributed by atoms with Crippen molar-refractivity contribution in [3.05, 3.63) is 105 Å². The number of carbonyl (C=O) groups is 2. The molecule has 2 aromatic heterocycles. The minimum absolute atomic E-state index is 0.0897. The fourth-order valence-electron chi connectivity index (χ4n) is 6.29. The zero-order valence-corrected chi connectivity index (χ0v) is 25.1. The molecule has 3 N–H and O–H groups in total. The van der Waals surface area contributed by atoms with Crippen LogP contribution in [-0.2, 0) is 28.0 Å². The van der Waals surface area contributed by atoms with E-state index in [0.29, 0.717) is 18.7 Å². The van der Waals surface area contributed by atoms with Gasteiger partial charge in [0.15, 0.2) is 0 Å². The van der Waals surface area contributed by atoms with Crippen molar-refractivity contribution in [2.45, 2.75) is 57.0 Å². The highest BCUT2D eigenvalue weighted by Gasteiger charge is 2.54. The number of nitrogens with one attached hydrogen (secondary N) is 1. The SMILES string of the molecule is Cc1ccc(C2(C(=O)N(Cc3ncc(Br)c4ccccc34)C3CCCc4cccnc43)CC2)cc1/C(CN)=N\NC=O. The second-order valence-corrected chi connectivity index (χ2v) is 12.0. The predicted octanol–water partition coefficient (Wildman–Crippen LogP) is 5.25. The van der Waals surface area contributed by atoms with Gasteiger partial charge in [0.1, 0.15) is 0 Å². The Labute approximate surface area is 253 Å². The lowest BCUT2D eigenvalue weighted by Gasteiger charge is -2.37. The maximum Gasteiger partial charge on any atom is 0.234 e. The Bertz CT molecular complexity index is 1700. The number of halogens is 1. The number of aryl methyl sites for hydroxylation is 2. The fourth-order valence-corrected chi connectivity index (χ4v) is 6.74. The van der Waals surface area contributed by atoms with E-state index < -0.39 is 5.41 Å². The first-order valence-corrected chi connectivity index (χ1v) is 15.1. The first kappa shape index (κ1) is 28.2. The number of amides is 2. The maximum absolute atomic E-state index is 14.9. The Balaban J connectivity index is 1.44. The van der Waals surface area contributed by atoms with Gasteiger partial charge in [-0.1, -0.05) is 42.5 Å². The fraction of sp³-hybridized carbons (Fsp3) is 0.303. The van der Waals surface area contributed by atoms with Crippen LogP contribution in [0, 0.1) is 6.92 Å². The molecule has 8 nitrogen and oxygen atoms in total. The van der Waals surface area contributed by atoms with Crippen LogP contribution in [-0.4, -0.2) is 39.4 Å². The number of hydrogen-bond donors (Lipinski definition) is 2. The van der Waals surface area contributed by atoms with Crippen molar-refractivity contribution in [1.29, 1.82) is 0 Å². The van der Waals surface area contributed by atoms with E-state index in [0.717, 1.165) is 75.4 Å². The van der Waals surface area contributed by atoms with Gasteiger partial charge in [0.2, 0.25) is 12.3 Å². The Morgan fingerprint density at radius 2 is 1.98 bits per heavy atom. The number of fused-ring (bicyclic) bond motifs is 2. The van der Waals surface area contributed by atoms with Crippen LogP contribution in [0.2, 0.25) is 0 Å². The van der Waals surface area contributed by atoms with Gasteiger partial charge < -0.3 is 10.6 Å². The quantitative estimate of drug-likeness (QED) is 0.150.